The van der Waals surface area contributed by atoms with Crippen molar-refractivity contribution in [3.05, 3.63) is 54.6 Å². The van der Waals surface area contributed by atoms with Gasteiger partial charge in [0.25, 0.3) is 0 Å². The van der Waals surface area contributed by atoms with Crippen LogP contribution in [0, 0.1) is 5.53 Å². The number of aromatic nitrogens is 1. The first-order valence-corrected chi connectivity index (χ1v) is 6.43. The summed E-state index contributed by atoms with van der Waals surface area (Å²) in [5.41, 5.74) is 10.2. The SMILES string of the molecule is COc1ccc2nc(-c3ccccc3)cc(N=[N+]=N)c2c1. The number of nitrogens with one attached hydrogen (secondary N) is 1. The summed E-state index contributed by atoms with van der Waals surface area (Å²) in [5.74, 6) is 0.721. The quantitative estimate of drug-likeness (QED) is 0.578. The van der Waals surface area contributed by atoms with E-state index in [1.165, 1.54) is 0 Å². The minimum absolute atomic E-state index is 0.604. The molecule has 0 unspecified atom stereocenters. The van der Waals surface area contributed by atoms with E-state index >= 15 is 0 Å². The zero-order valence-electron chi connectivity index (χ0n) is 11.4. The number of fused-ring (bicyclic) bond motifs is 1. The maximum absolute atomic E-state index is 7.00. The van der Waals surface area contributed by atoms with Crippen molar-refractivity contribution in [2.45, 2.75) is 0 Å². The molecule has 0 saturated heterocycles. The minimum Gasteiger partial charge on any atom is -0.497 e. The molecule has 3 aromatic rings. The fourth-order valence-corrected chi connectivity index (χ4v) is 2.21. The lowest BCUT2D eigenvalue weighted by Gasteiger charge is -2.06. The van der Waals surface area contributed by atoms with Gasteiger partial charge < -0.3 is 4.74 Å². The van der Waals surface area contributed by atoms with Crippen LogP contribution < -0.4 is 9.65 Å². The molecule has 0 amide bonds. The second kappa shape index (κ2) is 5.53. The smallest absolute Gasteiger partial charge is 0.220 e. The fourth-order valence-electron chi connectivity index (χ4n) is 2.21. The first-order valence-electron chi connectivity index (χ1n) is 6.43. The Balaban J connectivity index is 2.28. The third kappa shape index (κ3) is 2.50. The van der Waals surface area contributed by atoms with Crippen LogP contribution in [0.25, 0.3) is 22.2 Å². The van der Waals surface area contributed by atoms with E-state index in [-0.39, 0.29) is 0 Å². The molecule has 0 saturated carbocycles. The Morgan fingerprint density at radius 2 is 1.90 bits per heavy atom. The highest BCUT2D eigenvalue weighted by atomic mass is 16.5. The average Bonchev–Trinajstić information content (AvgIpc) is 2.55. The number of hydrogen-bond donors (Lipinski definition) is 1. The number of benzene rings is 2. The molecule has 1 aromatic heterocycles. The molecule has 0 spiro atoms. The molecule has 102 valence electrons. The summed E-state index contributed by atoms with van der Waals surface area (Å²) in [4.78, 5) is 7.80. The van der Waals surface area contributed by atoms with Crippen molar-refractivity contribution < 1.29 is 4.74 Å². The van der Waals surface area contributed by atoms with Crippen molar-refractivity contribution in [2.24, 2.45) is 5.11 Å². The van der Waals surface area contributed by atoms with Crippen molar-refractivity contribution in [3.63, 3.8) is 0 Å². The lowest BCUT2D eigenvalue weighted by molar-refractivity contribution is 0.415. The van der Waals surface area contributed by atoms with E-state index in [0.29, 0.717) is 5.69 Å². The van der Waals surface area contributed by atoms with E-state index < -0.39 is 0 Å². The molecule has 21 heavy (non-hydrogen) atoms. The van der Waals surface area contributed by atoms with Crippen molar-refractivity contribution in [1.82, 2.24) is 9.90 Å². The lowest BCUT2D eigenvalue weighted by atomic mass is 10.1. The predicted molar refractivity (Wildman–Crippen MR) is 80.7 cm³/mol. The third-order valence-corrected chi connectivity index (χ3v) is 3.22. The monoisotopic (exact) mass is 277 g/mol. The normalized spacial score (nSPS) is 10.1. The van der Waals surface area contributed by atoms with E-state index in [9.17, 15) is 0 Å². The molecule has 1 heterocycles. The second-order valence-corrected chi connectivity index (χ2v) is 4.48. The number of nitrogens with zero attached hydrogens (tertiary/aromatic N) is 3. The summed E-state index contributed by atoms with van der Waals surface area (Å²) in [6.07, 6.45) is 0. The van der Waals surface area contributed by atoms with E-state index in [1.807, 2.05) is 54.6 Å². The summed E-state index contributed by atoms with van der Waals surface area (Å²) in [7, 11) is 1.61. The van der Waals surface area contributed by atoms with Crippen LogP contribution in [0.3, 0.4) is 0 Å². The van der Waals surface area contributed by atoms with Gasteiger partial charge in [-0.1, -0.05) is 30.3 Å². The molecule has 2 aromatic carbocycles. The van der Waals surface area contributed by atoms with Gasteiger partial charge in [-0.15, -0.1) is 0 Å². The van der Waals surface area contributed by atoms with Gasteiger partial charge in [0.2, 0.25) is 4.91 Å². The van der Waals surface area contributed by atoms with Gasteiger partial charge >= 0.3 is 0 Å². The zero-order valence-corrected chi connectivity index (χ0v) is 11.4. The van der Waals surface area contributed by atoms with Gasteiger partial charge in [-0.05, 0) is 24.3 Å². The number of rotatable bonds is 3. The number of ether oxygens (including phenoxy) is 1. The predicted octanol–water partition coefficient (Wildman–Crippen LogP) is 4.09. The molecule has 0 fully saturated rings. The van der Waals surface area contributed by atoms with Gasteiger partial charge in [0, 0.05) is 10.9 Å². The van der Waals surface area contributed by atoms with E-state index in [4.69, 9.17) is 10.3 Å². The Bertz CT molecular complexity index is 840. The van der Waals surface area contributed by atoms with E-state index in [2.05, 4.69) is 15.0 Å². The van der Waals surface area contributed by atoms with Crippen LogP contribution in [0.1, 0.15) is 0 Å². The molecule has 0 aliphatic carbocycles. The van der Waals surface area contributed by atoms with Gasteiger partial charge in [0.1, 0.15) is 11.3 Å². The molecule has 0 aliphatic rings. The van der Waals surface area contributed by atoms with Crippen molar-refractivity contribution in [3.8, 4) is 17.0 Å². The zero-order chi connectivity index (χ0) is 14.7. The van der Waals surface area contributed by atoms with Gasteiger partial charge in [-0.25, -0.2) is 4.98 Å². The van der Waals surface area contributed by atoms with E-state index in [1.54, 1.807) is 7.11 Å². The van der Waals surface area contributed by atoms with Gasteiger partial charge in [0.15, 0.2) is 10.8 Å². The Morgan fingerprint density at radius 1 is 1.10 bits per heavy atom. The molecular weight excluding hydrogens is 264 g/mol. The molecule has 0 radical (unpaired) electrons. The second-order valence-electron chi connectivity index (χ2n) is 4.48. The number of pyridine rings is 1. The molecule has 5 heteroatoms. The van der Waals surface area contributed by atoms with Gasteiger partial charge in [-0.3, -0.25) is 0 Å². The van der Waals surface area contributed by atoms with Crippen LogP contribution in [0.15, 0.2) is 59.7 Å². The molecule has 1 N–H and O–H groups in total. The van der Waals surface area contributed by atoms with Crippen LogP contribution in [-0.2, 0) is 0 Å². The van der Waals surface area contributed by atoms with Crippen LogP contribution in [-0.4, -0.2) is 12.1 Å². The lowest BCUT2D eigenvalue weighted by Crippen LogP contribution is -1.88. The molecule has 5 nitrogen and oxygen atoms in total. The van der Waals surface area contributed by atoms with Gasteiger partial charge in [0.05, 0.1) is 18.3 Å². The molecular formula is C16H13N4O+. The number of methoxy groups -OCH3 is 1. The highest BCUT2D eigenvalue weighted by Crippen LogP contribution is 2.32. The molecule has 0 aliphatic heterocycles. The standard InChI is InChI=1S/C16H13N4O/c1-21-12-7-8-14-13(9-12)16(19-20-17)10-15(18-14)11-5-3-2-4-6-11/h2-10,17H,1H3/q+1. The summed E-state index contributed by atoms with van der Waals surface area (Å²) in [6, 6.07) is 17.3. The number of hydrogen-bond acceptors (Lipinski definition) is 4. The van der Waals surface area contributed by atoms with Crippen molar-refractivity contribution in [1.29, 1.82) is 5.53 Å². The largest absolute Gasteiger partial charge is 0.497 e. The highest BCUT2D eigenvalue weighted by molar-refractivity contribution is 5.93. The fraction of sp³-hybridized carbons (Fsp3) is 0.0625. The molecule has 0 bridgehead atoms. The van der Waals surface area contributed by atoms with Crippen LogP contribution in [0.2, 0.25) is 0 Å². The average molecular weight is 277 g/mol. The van der Waals surface area contributed by atoms with Crippen LogP contribution in [0.4, 0.5) is 5.69 Å². The minimum atomic E-state index is 0.604. The first-order chi connectivity index (χ1) is 10.3. The summed E-state index contributed by atoms with van der Waals surface area (Å²) in [6.45, 7) is 0. The molecule has 3 rings (SSSR count). The van der Waals surface area contributed by atoms with Gasteiger partial charge in [-0.2, -0.15) is 0 Å². The van der Waals surface area contributed by atoms with Crippen molar-refractivity contribution in [2.75, 3.05) is 7.11 Å². The Labute approximate surface area is 121 Å². The maximum Gasteiger partial charge on any atom is 0.220 e. The Morgan fingerprint density at radius 3 is 2.62 bits per heavy atom. The summed E-state index contributed by atoms with van der Waals surface area (Å²) < 4.78 is 5.22. The Hall–Kier alpha value is -3.04. The molecule has 0 atom stereocenters. The summed E-state index contributed by atoms with van der Waals surface area (Å²) >= 11 is 0. The van der Waals surface area contributed by atoms with Crippen molar-refractivity contribution >= 4 is 16.6 Å². The topological polar surface area (TPSA) is 72.4 Å². The third-order valence-electron chi connectivity index (χ3n) is 3.22. The first kappa shape index (κ1) is 13.0. The maximum atomic E-state index is 7.00. The summed E-state index contributed by atoms with van der Waals surface area (Å²) in [5, 5.41) is 4.70. The Kier molecular flexibility index (Phi) is 3.41. The van der Waals surface area contributed by atoms with Crippen LogP contribution >= 0.6 is 0 Å². The van der Waals surface area contributed by atoms with Crippen LogP contribution in [0.5, 0.6) is 5.75 Å². The van der Waals surface area contributed by atoms with E-state index in [0.717, 1.165) is 27.9 Å². The highest BCUT2D eigenvalue weighted by Gasteiger charge is 2.11.